The van der Waals surface area contributed by atoms with Crippen molar-refractivity contribution in [3.05, 3.63) is 0 Å². The van der Waals surface area contributed by atoms with Crippen LogP contribution in [0, 0.1) is 0 Å². The van der Waals surface area contributed by atoms with Crippen LogP contribution in [0.25, 0.3) is 0 Å². The highest BCUT2D eigenvalue weighted by Crippen LogP contribution is 2.56. The summed E-state index contributed by atoms with van der Waals surface area (Å²) in [5.41, 5.74) is -0.269. The maximum atomic E-state index is 12.2. The van der Waals surface area contributed by atoms with E-state index in [1.807, 2.05) is 0 Å². The SMILES string of the molecule is CC(=NO)C(C)P(=O)(O)C1CCCCC1. The van der Waals surface area contributed by atoms with E-state index >= 15 is 0 Å². The van der Waals surface area contributed by atoms with Gasteiger partial charge in [0.2, 0.25) is 7.37 Å². The third kappa shape index (κ3) is 2.82. The normalized spacial score (nSPS) is 25.9. The van der Waals surface area contributed by atoms with Crippen molar-refractivity contribution >= 4 is 13.1 Å². The van der Waals surface area contributed by atoms with Crippen LogP contribution in [0.5, 0.6) is 0 Å². The van der Waals surface area contributed by atoms with Crippen LogP contribution in [0.2, 0.25) is 0 Å². The number of rotatable bonds is 3. The lowest BCUT2D eigenvalue weighted by atomic mass is 10.0. The highest BCUT2D eigenvalue weighted by molar-refractivity contribution is 7.60. The van der Waals surface area contributed by atoms with Gasteiger partial charge in [-0.15, -0.1) is 0 Å². The fraction of sp³-hybridized carbons (Fsp3) is 0.900. The van der Waals surface area contributed by atoms with Gasteiger partial charge in [0.15, 0.2) is 0 Å². The van der Waals surface area contributed by atoms with Crippen LogP contribution >= 0.6 is 7.37 Å². The van der Waals surface area contributed by atoms with Gasteiger partial charge in [0, 0.05) is 5.66 Å². The van der Waals surface area contributed by atoms with E-state index in [1.54, 1.807) is 13.8 Å². The largest absolute Gasteiger partial charge is 0.411 e. The Labute approximate surface area is 90.8 Å². The monoisotopic (exact) mass is 233 g/mol. The molecule has 88 valence electrons. The van der Waals surface area contributed by atoms with E-state index in [0.29, 0.717) is 5.71 Å². The van der Waals surface area contributed by atoms with Gasteiger partial charge in [0.05, 0.1) is 11.4 Å². The highest BCUT2D eigenvalue weighted by atomic mass is 31.2. The molecule has 2 N–H and O–H groups in total. The summed E-state index contributed by atoms with van der Waals surface area (Å²) in [7, 11) is -3.22. The molecule has 0 aromatic heterocycles. The van der Waals surface area contributed by atoms with E-state index in [1.165, 1.54) is 0 Å². The molecule has 5 heteroatoms. The van der Waals surface area contributed by atoms with Crippen LogP contribution in [0.1, 0.15) is 46.0 Å². The maximum Gasteiger partial charge on any atom is 0.211 e. The minimum absolute atomic E-state index is 0.0991. The van der Waals surface area contributed by atoms with Crippen molar-refractivity contribution in [2.75, 3.05) is 0 Å². The molecule has 0 aliphatic heterocycles. The zero-order valence-corrected chi connectivity index (χ0v) is 10.3. The van der Waals surface area contributed by atoms with E-state index in [2.05, 4.69) is 5.16 Å². The summed E-state index contributed by atoms with van der Waals surface area (Å²) in [5.74, 6) is 0. The topological polar surface area (TPSA) is 69.9 Å². The van der Waals surface area contributed by atoms with Crippen LogP contribution < -0.4 is 0 Å². The molecule has 1 aliphatic rings. The zero-order valence-electron chi connectivity index (χ0n) is 9.39. The Bertz CT molecular complexity index is 284. The fourth-order valence-electron chi connectivity index (χ4n) is 2.12. The van der Waals surface area contributed by atoms with Crippen LogP contribution in [0.15, 0.2) is 5.16 Å². The van der Waals surface area contributed by atoms with Gasteiger partial charge >= 0.3 is 0 Å². The fourth-order valence-corrected chi connectivity index (χ4v) is 4.44. The summed E-state index contributed by atoms with van der Waals surface area (Å²) in [6, 6.07) is 0. The molecule has 1 fully saturated rings. The second-order valence-electron chi connectivity index (χ2n) is 4.38. The van der Waals surface area contributed by atoms with Crippen LogP contribution in [-0.2, 0) is 4.57 Å². The van der Waals surface area contributed by atoms with Crippen molar-refractivity contribution < 1.29 is 14.7 Å². The molecule has 4 nitrogen and oxygen atoms in total. The van der Waals surface area contributed by atoms with Gasteiger partial charge in [-0.25, -0.2) is 0 Å². The number of nitrogens with zero attached hydrogens (tertiary/aromatic N) is 1. The van der Waals surface area contributed by atoms with Crippen molar-refractivity contribution in [3.8, 4) is 0 Å². The predicted molar refractivity (Wildman–Crippen MR) is 61.1 cm³/mol. The Kier molecular flexibility index (Phi) is 4.35. The van der Waals surface area contributed by atoms with Gasteiger partial charge in [0.25, 0.3) is 0 Å². The molecule has 0 aromatic rings. The van der Waals surface area contributed by atoms with Crippen LogP contribution in [0.3, 0.4) is 0 Å². The maximum absolute atomic E-state index is 12.2. The van der Waals surface area contributed by atoms with Gasteiger partial charge in [-0.05, 0) is 26.7 Å². The first-order chi connectivity index (χ1) is 7.00. The molecule has 0 radical (unpaired) electrons. The van der Waals surface area contributed by atoms with E-state index in [-0.39, 0.29) is 5.66 Å². The molecule has 1 saturated carbocycles. The van der Waals surface area contributed by atoms with Crippen molar-refractivity contribution in [2.24, 2.45) is 5.16 Å². The van der Waals surface area contributed by atoms with E-state index in [9.17, 15) is 9.46 Å². The number of oxime groups is 1. The summed E-state index contributed by atoms with van der Waals surface area (Å²) in [4.78, 5) is 10.1. The van der Waals surface area contributed by atoms with Crippen molar-refractivity contribution in [3.63, 3.8) is 0 Å². The molecule has 2 atom stereocenters. The highest BCUT2D eigenvalue weighted by Gasteiger charge is 2.38. The standard InChI is InChI=1S/C10H20NO3P/c1-8(11-12)9(2)15(13,14)10-6-4-3-5-7-10/h9-10,12H,3-7H2,1-2H3,(H,13,14). The van der Waals surface area contributed by atoms with Crippen LogP contribution in [-0.4, -0.2) is 27.1 Å². The lowest BCUT2D eigenvalue weighted by Crippen LogP contribution is -2.24. The molecule has 0 saturated heterocycles. The molecule has 1 aliphatic carbocycles. The minimum Gasteiger partial charge on any atom is -0.411 e. The Morgan fingerprint density at radius 2 is 1.93 bits per heavy atom. The van der Waals surface area contributed by atoms with E-state index in [0.717, 1.165) is 32.1 Å². The molecule has 15 heavy (non-hydrogen) atoms. The molecule has 0 spiro atoms. The smallest absolute Gasteiger partial charge is 0.211 e. The van der Waals surface area contributed by atoms with Crippen molar-refractivity contribution in [1.29, 1.82) is 0 Å². The molecule has 0 amide bonds. The summed E-state index contributed by atoms with van der Waals surface area (Å²) in [6.07, 6.45) is 4.90. The quantitative estimate of drug-likeness (QED) is 0.341. The first kappa shape index (κ1) is 12.7. The third-order valence-corrected chi connectivity index (χ3v) is 6.46. The Morgan fingerprint density at radius 1 is 1.40 bits per heavy atom. The van der Waals surface area contributed by atoms with Gasteiger partial charge in [-0.1, -0.05) is 24.4 Å². The molecular weight excluding hydrogens is 213 g/mol. The Morgan fingerprint density at radius 3 is 2.40 bits per heavy atom. The Hall–Kier alpha value is -0.340. The first-order valence-electron chi connectivity index (χ1n) is 5.51. The lowest BCUT2D eigenvalue weighted by molar-refractivity contribution is 0.317. The van der Waals surface area contributed by atoms with Gasteiger partial charge in [0.1, 0.15) is 0 Å². The molecule has 0 bridgehead atoms. The van der Waals surface area contributed by atoms with Gasteiger partial charge in [-0.3, -0.25) is 4.57 Å². The molecule has 1 rings (SSSR count). The van der Waals surface area contributed by atoms with Crippen LogP contribution in [0.4, 0.5) is 0 Å². The molecule has 0 heterocycles. The van der Waals surface area contributed by atoms with E-state index < -0.39 is 13.0 Å². The number of hydrogen-bond acceptors (Lipinski definition) is 3. The average molecular weight is 233 g/mol. The van der Waals surface area contributed by atoms with Gasteiger partial charge < -0.3 is 10.1 Å². The van der Waals surface area contributed by atoms with Gasteiger partial charge in [-0.2, -0.15) is 0 Å². The summed E-state index contributed by atoms with van der Waals surface area (Å²) < 4.78 is 12.2. The predicted octanol–water partition coefficient (Wildman–Crippen LogP) is 2.83. The summed E-state index contributed by atoms with van der Waals surface area (Å²) in [5, 5.41) is 11.7. The summed E-state index contributed by atoms with van der Waals surface area (Å²) >= 11 is 0. The zero-order chi connectivity index (χ0) is 11.5. The second kappa shape index (κ2) is 5.13. The van der Waals surface area contributed by atoms with E-state index in [4.69, 9.17) is 5.21 Å². The van der Waals surface area contributed by atoms with Crippen molar-refractivity contribution in [1.82, 2.24) is 0 Å². The third-order valence-electron chi connectivity index (χ3n) is 3.42. The lowest BCUT2D eigenvalue weighted by Gasteiger charge is -2.30. The minimum atomic E-state index is -3.22. The summed E-state index contributed by atoms with van der Waals surface area (Å²) in [6.45, 7) is 3.26. The number of hydrogen-bond donors (Lipinski definition) is 2. The average Bonchev–Trinajstić information content (AvgIpc) is 2.28. The first-order valence-corrected chi connectivity index (χ1v) is 7.30. The molecular formula is C10H20NO3P. The second-order valence-corrected chi connectivity index (χ2v) is 7.23. The molecule has 0 aromatic carbocycles. The van der Waals surface area contributed by atoms with Crippen molar-refractivity contribution in [2.45, 2.75) is 57.3 Å². The Balaban J connectivity index is 2.76. The molecule has 2 unspecified atom stereocenters.